The van der Waals surface area contributed by atoms with Gasteiger partial charge in [-0.1, -0.05) is 73.6 Å². The number of aryl methyl sites for hydroxylation is 1. The first-order chi connectivity index (χ1) is 17.4. The maximum absolute atomic E-state index is 13.9. The summed E-state index contributed by atoms with van der Waals surface area (Å²) in [4.78, 5) is 40.9. The third kappa shape index (κ3) is 6.57. The Morgan fingerprint density at radius 1 is 1.03 bits per heavy atom. The Balaban J connectivity index is 2.39. The molecule has 38 heavy (non-hydrogen) atoms. The number of nitrogens with one attached hydrogen (secondary N) is 2. The van der Waals surface area contributed by atoms with Crippen LogP contribution in [0.2, 0.25) is 0 Å². The van der Waals surface area contributed by atoms with Gasteiger partial charge in [-0.3, -0.25) is 14.4 Å². The molecule has 2 amide bonds. The third-order valence-corrected chi connectivity index (χ3v) is 7.89. The van der Waals surface area contributed by atoms with Crippen molar-refractivity contribution in [3.05, 3.63) is 36.0 Å². The van der Waals surface area contributed by atoms with Crippen molar-refractivity contribution in [3.63, 3.8) is 0 Å². The molecule has 2 aromatic rings. The van der Waals surface area contributed by atoms with E-state index in [1.807, 2.05) is 67.6 Å². The Bertz CT molecular complexity index is 1140. The topological polar surface area (TPSA) is 104 Å². The Kier molecular flexibility index (Phi) is 9.81. The highest BCUT2D eigenvalue weighted by atomic mass is 16.4. The zero-order chi connectivity index (χ0) is 29.2. The van der Waals surface area contributed by atoms with Gasteiger partial charge in [0.2, 0.25) is 11.8 Å². The highest BCUT2D eigenvalue weighted by Gasteiger charge is 2.42. The van der Waals surface area contributed by atoms with E-state index >= 15 is 0 Å². The molecule has 0 saturated heterocycles. The van der Waals surface area contributed by atoms with Gasteiger partial charge in [0.05, 0.1) is 12.0 Å². The fourth-order valence-corrected chi connectivity index (χ4v) is 5.41. The lowest BCUT2D eigenvalue weighted by atomic mass is 9.76. The molecule has 0 saturated carbocycles. The number of hydrogen-bond donors (Lipinski definition) is 3. The summed E-state index contributed by atoms with van der Waals surface area (Å²) in [5.74, 6) is -1.90. The first-order valence-electron chi connectivity index (χ1n) is 13.5. The zero-order valence-corrected chi connectivity index (χ0v) is 25.0. The standard InChI is InChI=1S/C30H48N4O4/c1-18(2)23(16-19(3)28(37)38)34(11)27(36)25(29(4,5)6)32-26(35)24(31-9)30(7,8)21-17-33(10)22-15-13-12-14-20(21)22/h12-15,17-19,23-25,31H,16H2,1-11H3,(H,32,35)(H,37,38)/t19-,23+,24+,25+/m0/s1. The number of carboxylic acids is 1. The summed E-state index contributed by atoms with van der Waals surface area (Å²) in [6.07, 6.45) is 2.41. The number of carbonyl (C=O) groups is 3. The van der Waals surface area contributed by atoms with Crippen LogP contribution in [0.3, 0.4) is 0 Å². The van der Waals surface area contributed by atoms with Crippen LogP contribution >= 0.6 is 0 Å². The average Bonchev–Trinajstić information content (AvgIpc) is 3.16. The van der Waals surface area contributed by atoms with E-state index in [0.717, 1.165) is 16.5 Å². The molecule has 4 atom stereocenters. The minimum atomic E-state index is -0.885. The smallest absolute Gasteiger partial charge is 0.306 e. The third-order valence-electron chi connectivity index (χ3n) is 7.89. The second-order valence-corrected chi connectivity index (χ2v) is 12.7. The Labute approximate surface area is 228 Å². The Morgan fingerprint density at radius 3 is 2.11 bits per heavy atom. The second-order valence-electron chi connectivity index (χ2n) is 12.7. The molecule has 0 spiro atoms. The van der Waals surface area contributed by atoms with Crippen molar-refractivity contribution >= 4 is 28.7 Å². The van der Waals surface area contributed by atoms with Gasteiger partial charge < -0.3 is 25.2 Å². The SMILES string of the molecule is CN[C@H](C(=O)N[C@H](C(=O)N(C)[C@H](C[C@H](C)C(=O)O)C(C)C)C(C)(C)C)C(C)(C)c1cn(C)c2ccccc12. The molecule has 0 unspecified atom stereocenters. The van der Waals surface area contributed by atoms with Crippen LogP contribution in [0.25, 0.3) is 10.9 Å². The van der Waals surface area contributed by atoms with Crippen LogP contribution in [-0.2, 0) is 26.8 Å². The van der Waals surface area contributed by atoms with Gasteiger partial charge in [0.15, 0.2) is 0 Å². The lowest BCUT2D eigenvalue weighted by molar-refractivity contribution is -0.145. The fraction of sp³-hybridized carbons (Fsp3) is 0.633. The number of likely N-dealkylation sites (N-methyl/N-ethyl adjacent to an activating group) is 2. The monoisotopic (exact) mass is 528 g/mol. The van der Waals surface area contributed by atoms with Gasteiger partial charge in [-0.15, -0.1) is 0 Å². The molecule has 3 N–H and O–H groups in total. The average molecular weight is 529 g/mol. The van der Waals surface area contributed by atoms with Gasteiger partial charge in [-0.05, 0) is 36.4 Å². The first-order valence-corrected chi connectivity index (χ1v) is 13.5. The van der Waals surface area contributed by atoms with Crippen molar-refractivity contribution in [2.75, 3.05) is 14.1 Å². The van der Waals surface area contributed by atoms with Crippen LogP contribution < -0.4 is 10.6 Å². The number of amides is 2. The molecule has 8 heteroatoms. The van der Waals surface area contributed by atoms with Crippen molar-refractivity contribution < 1.29 is 19.5 Å². The van der Waals surface area contributed by atoms with E-state index in [-0.39, 0.29) is 23.8 Å². The number of carboxylic acid groups (broad SMARTS) is 1. The van der Waals surface area contributed by atoms with Crippen molar-refractivity contribution in [3.8, 4) is 0 Å². The highest BCUT2D eigenvalue weighted by Crippen LogP contribution is 2.35. The summed E-state index contributed by atoms with van der Waals surface area (Å²) in [5.41, 5.74) is 0.978. The number of carbonyl (C=O) groups excluding carboxylic acids is 2. The minimum absolute atomic E-state index is 0.0532. The summed E-state index contributed by atoms with van der Waals surface area (Å²) in [6.45, 7) is 15.5. The predicted octanol–water partition coefficient (Wildman–Crippen LogP) is 4.17. The number of rotatable bonds is 11. The normalized spacial score (nSPS) is 15.7. The van der Waals surface area contributed by atoms with Crippen LogP contribution in [0.4, 0.5) is 0 Å². The molecule has 8 nitrogen and oxygen atoms in total. The van der Waals surface area contributed by atoms with Gasteiger partial charge in [0.1, 0.15) is 6.04 Å². The van der Waals surface area contributed by atoms with Gasteiger partial charge in [0, 0.05) is 42.7 Å². The van der Waals surface area contributed by atoms with E-state index in [1.165, 1.54) is 0 Å². The van der Waals surface area contributed by atoms with Gasteiger partial charge in [-0.2, -0.15) is 0 Å². The zero-order valence-electron chi connectivity index (χ0n) is 25.0. The Morgan fingerprint density at radius 2 is 1.61 bits per heavy atom. The van der Waals surface area contributed by atoms with Crippen LogP contribution in [0, 0.1) is 17.3 Å². The first kappa shape index (κ1) is 31.3. The summed E-state index contributed by atoms with van der Waals surface area (Å²) < 4.78 is 2.07. The lowest BCUT2D eigenvalue weighted by Gasteiger charge is -2.40. The predicted molar refractivity (Wildman–Crippen MR) is 153 cm³/mol. The molecule has 0 aliphatic rings. The van der Waals surface area contributed by atoms with Crippen molar-refractivity contribution in [1.29, 1.82) is 0 Å². The number of aliphatic carboxylic acids is 1. The fourth-order valence-electron chi connectivity index (χ4n) is 5.41. The second kappa shape index (κ2) is 11.9. The quantitative estimate of drug-likeness (QED) is 0.406. The lowest BCUT2D eigenvalue weighted by Crippen LogP contribution is -2.61. The molecule has 1 aromatic heterocycles. The molecule has 0 fully saturated rings. The molecule has 0 aliphatic carbocycles. The van der Waals surface area contributed by atoms with Crippen LogP contribution in [0.15, 0.2) is 30.5 Å². The number of nitrogens with zero attached hydrogens (tertiary/aromatic N) is 2. The molecule has 0 bridgehead atoms. The molecule has 1 heterocycles. The number of para-hydroxylation sites is 1. The maximum Gasteiger partial charge on any atom is 0.306 e. The van der Waals surface area contributed by atoms with E-state index in [4.69, 9.17) is 0 Å². The molecule has 0 radical (unpaired) electrons. The van der Waals surface area contributed by atoms with Crippen LogP contribution in [0.1, 0.15) is 67.4 Å². The van der Waals surface area contributed by atoms with Crippen molar-refractivity contribution in [1.82, 2.24) is 20.1 Å². The van der Waals surface area contributed by atoms with Gasteiger partial charge in [0.25, 0.3) is 0 Å². The summed E-state index contributed by atoms with van der Waals surface area (Å²) in [5, 5.41) is 16.8. The molecule has 212 valence electrons. The van der Waals surface area contributed by atoms with E-state index in [2.05, 4.69) is 33.5 Å². The number of benzene rings is 1. The number of aromatic nitrogens is 1. The minimum Gasteiger partial charge on any atom is -0.481 e. The van der Waals surface area contributed by atoms with Crippen LogP contribution in [-0.4, -0.2) is 64.6 Å². The number of fused-ring (bicyclic) bond motifs is 1. The maximum atomic E-state index is 13.9. The van der Waals surface area contributed by atoms with Crippen LogP contribution in [0.5, 0.6) is 0 Å². The summed E-state index contributed by atoms with van der Waals surface area (Å²) >= 11 is 0. The molecular formula is C30H48N4O4. The van der Waals surface area contributed by atoms with E-state index in [0.29, 0.717) is 6.42 Å². The van der Waals surface area contributed by atoms with Gasteiger partial charge in [-0.25, -0.2) is 0 Å². The van der Waals surface area contributed by atoms with Gasteiger partial charge >= 0.3 is 5.97 Å². The van der Waals surface area contributed by atoms with E-state index in [1.54, 1.807) is 25.9 Å². The largest absolute Gasteiger partial charge is 0.481 e. The molecule has 2 rings (SSSR count). The summed E-state index contributed by atoms with van der Waals surface area (Å²) in [7, 11) is 5.47. The highest BCUT2D eigenvalue weighted by molar-refractivity contribution is 5.92. The Hall–Kier alpha value is -2.87. The van der Waals surface area contributed by atoms with Crippen molar-refractivity contribution in [2.45, 2.75) is 85.4 Å². The number of hydrogen-bond acceptors (Lipinski definition) is 4. The van der Waals surface area contributed by atoms with E-state index in [9.17, 15) is 19.5 Å². The van der Waals surface area contributed by atoms with E-state index < -0.39 is 34.8 Å². The molecule has 1 aromatic carbocycles. The molecule has 0 aliphatic heterocycles. The van der Waals surface area contributed by atoms with Crippen molar-refractivity contribution in [2.24, 2.45) is 24.3 Å². The molecular weight excluding hydrogens is 480 g/mol. The summed E-state index contributed by atoms with van der Waals surface area (Å²) in [6, 6.07) is 6.45.